The zero-order chi connectivity index (χ0) is 20.3. The Labute approximate surface area is 173 Å². The lowest BCUT2D eigenvalue weighted by molar-refractivity contribution is -0.141. The SMILES string of the molecule is COC(=O)CC(c1cccc(OC)c1)N1CCN(c2ccc(Br)c(C)c2)C1=O. The Balaban J connectivity index is 1.90. The molecule has 0 radical (unpaired) electrons. The van der Waals surface area contributed by atoms with Crippen LogP contribution >= 0.6 is 15.9 Å². The lowest BCUT2D eigenvalue weighted by atomic mass is 10.0. The number of ether oxygens (including phenoxy) is 2. The van der Waals surface area contributed by atoms with Crippen LogP contribution in [0.5, 0.6) is 5.75 Å². The highest BCUT2D eigenvalue weighted by Crippen LogP contribution is 2.33. The second-order valence-corrected chi connectivity index (χ2v) is 7.49. The van der Waals surface area contributed by atoms with Crippen LogP contribution in [-0.4, -0.2) is 44.2 Å². The van der Waals surface area contributed by atoms with E-state index in [1.54, 1.807) is 16.9 Å². The molecule has 1 fully saturated rings. The smallest absolute Gasteiger partial charge is 0.325 e. The van der Waals surface area contributed by atoms with Gasteiger partial charge >= 0.3 is 12.0 Å². The zero-order valence-corrected chi connectivity index (χ0v) is 17.7. The number of urea groups is 1. The van der Waals surface area contributed by atoms with Gasteiger partial charge in [-0.05, 0) is 48.4 Å². The lowest BCUT2D eigenvalue weighted by Gasteiger charge is -2.28. The molecule has 0 aromatic heterocycles. The summed E-state index contributed by atoms with van der Waals surface area (Å²) >= 11 is 3.49. The molecule has 0 saturated carbocycles. The standard InChI is InChI=1S/C21H23BrN2O4/c1-14-11-16(7-8-18(14)22)23-9-10-24(21(23)26)19(13-20(25)28-3)15-5-4-6-17(12-15)27-2/h4-8,11-12,19H,9-10,13H2,1-3H3. The van der Waals surface area contributed by atoms with Gasteiger partial charge in [-0.15, -0.1) is 0 Å². The molecule has 2 aromatic rings. The summed E-state index contributed by atoms with van der Waals surface area (Å²) in [4.78, 5) is 28.7. The number of benzene rings is 2. The minimum Gasteiger partial charge on any atom is -0.497 e. The normalized spacial score (nSPS) is 14.9. The summed E-state index contributed by atoms with van der Waals surface area (Å²) < 4.78 is 11.2. The monoisotopic (exact) mass is 446 g/mol. The van der Waals surface area contributed by atoms with E-state index < -0.39 is 6.04 Å². The molecule has 3 rings (SSSR count). The fourth-order valence-corrected chi connectivity index (χ4v) is 3.62. The van der Waals surface area contributed by atoms with Gasteiger partial charge in [-0.1, -0.05) is 28.1 Å². The van der Waals surface area contributed by atoms with Crippen molar-refractivity contribution < 1.29 is 19.1 Å². The molecule has 1 saturated heterocycles. The molecular formula is C21H23BrN2O4. The summed E-state index contributed by atoms with van der Waals surface area (Å²) in [6, 6.07) is 12.7. The van der Waals surface area contributed by atoms with Gasteiger partial charge < -0.3 is 14.4 Å². The van der Waals surface area contributed by atoms with Crippen molar-refractivity contribution in [2.45, 2.75) is 19.4 Å². The van der Waals surface area contributed by atoms with E-state index >= 15 is 0 Å². The molecule has 1 unspecified atom stereocenters. The van der Waals surface area contributed by atoms with Crippen molar-refractivity contribution in [1.29, 1.82) is 0 Å². The molecule has 0 aliphatic carbocycles. The first-order valence-corrected chi connectivity index (χ1v) is 9.79. The van der Waals surface area contributed by atoms with Crippen LogP contribution in [0, 0.1) is 6.92 Å². The van der Waals surface area contributed by atoms with Crippen molar-refractivity contribution in [3.63, 3.8) is 0 Å². The Morgan fingerprint density at radius 3 is 2.64 bits per heavy atom. The Bertz CT molecular complexity index is 886. The topological polar surface area (TPSA) is 59.1 Å². The van der Waals surface area contributed by atoms with Crippen LogP contribution < -0.4 is 9.64 Å². The quantitative estimate of drug-likeness (QED) is 0.620. The summed E-state index contributed by atoms with van der Waals surface area (Å²) in [5, 5.41) is 0. The van der Waals surface area contributed by atoms with Crippen LogP contribution in [0.4, 0.5) is 10.5 Å². The average molecular weight is 447 g/mol. The van der Waals surface area contributed by atoms with Gasteiger partial charge in [0.05, 0.1) is 26.7 Å². The van der Waals surface area contributed by atoms with Gasteiger partial charge in [0.2, 0.25) is 0 Å². The highest BCUT2D eigenvalue weighted by atomic mass is 79.9. The lowest BCUT2D eigenvalue weighted by Crippen LogP contribution is -2.36. The largest absolute Gasteiger partial charge is 0.497 e. The van der Waals surface area contributed by atoms with E-state index in [1.165, 1.54) is 7.11 Å². The number of methoxy groups -OCH3 is 2. The van der Waals surface area contributed by atoms with E-state index in [2.05, 4.69) is 15.9 Å². The second kappa shape index (κ2) is 8.65. The van der Waals surface area contributed by atoms with Gasteiger partial charge in [0.15, 0.2) is 0 Å². The summed E-state index contributed by atoms with van der Waals surface area (Å²) in [5.41, 5.74) is 2.74. The molecule has 7 heteroatoms. The molecular weight excluding hydrogens is 424 g/mol. The first-order valence-electron chi connectivity index (χ1n) is 8.99. The van der Waals surface area contributed by atoms with Crippen molar-refractivity contribution in [2.75, 3.05) is 32.2 Å². The number of halogens is 1. The van der Waals surface area contributed by atoms with Gasteiger partial charge in [-0.2, -0.15) is 0 Å². The molecule has 0 N–H and O–H groups in total. The van der Waals surface area contributed by atoms with Crippen LogP contribution in [0.25, 0.3) is 0 Å². The zero-order valence-electron chi connectivity index (χ0n) is 16.1. The maximum atomic E-state index is 13.2. The fraction of sp³-hybridized carbons (Fsp3) is 0.333. The average Bonchev–Trinajstić information content (AvgIpc) is 3.09. The van der Waals surface area contributed by atoms with Crippen molar-refractivity contribution in [3.05, 3.63) is 58.1 Å². The number of aryl methyl sites for hydroxylation is 1. The van der Waals surface area contributed by atoms with E-state index in [9.17, 15) is 9.59 Å². The van der Waals surface area contributed by atoms with Crippen molar-refractivity contribution in [2.24, 2.45) is 0 Å². The molecule has 0 spiro atoms. The Hall–Kier alpha value is -2.54. The predicted octanol–water partition coefficient (Wildman–Crippen LogP) is 4.31. The summed E-state index contributed by atoms with van der Waals surface area (Å²) in [6.07, 6.45) is 0.0859. The number of nitrogens with zero attached hydrogens (tertiary/aromatic N) is 2. The molecule has 148 valence electrons. The summed E-state index contributed by atoms with van der Waals surface area (Å²) in [6.45, 7) is 3.07. The second-order valence-electron chi connectivity index (χ2n) is 6.63. The van der Waals surface area contributed by atoms with Crippen LogP contribution in [0.3, 0.4) is 0 Å². The minimum atomic E-state index is -0.420. The van der Waals surface area contributed by atoms with Crippen LogP contribution in [0.2, 0.25) is 0 Å². The van der Waals surface area contributed by atoms with Gasteiger partial charge in [-0.25, -0.2) is 4.79 Å². The molecule has 1 aliphatic heterocycles. The number of esters is 1. The van der Waals surface area contributed by atoms with Gasteiger partial charge in [0.1, 0.15) is 5.75 Å². The number of hydrogen-bond donors (Lipinski definition) is 0. The summed E-state index contributed by atoms with van der Waals surface area (Å²) in [5.74, 6) is 0.318. The Kier molecular flexibility index (Phi) is 6.24. The maximum absolute atomic E-state index is 13.2. The third kappa shape index (κ3) is 4.14. The summed E-state index contributed by atoms with van der Waals surface area (Å²) in [7, 11) is 2.95. The Morgan fingerprint density at radius 2 is 1.96 bits per heavy atom. The number of amides is 2. The highest BCUT2D eigenvalue weighted by molar-refractivity contribution is 9.10. The molecule has 1 heterocycles. The van der Waals surface area contributed by atoms with Crippen LogP contribution in [-0.2, 0) is 9.53 Å². The molecule has 1 atom stereocenters. The molecule has 28 heavy (non-hydrogen) atoms. The van der Waals surface area contributed by atoms with E-state index in [0.717, 1.165) is 21.3 Å². The van der Waals surface area contributed by atoms with Crippen molar-refractivity contribution >= 4 is 33.6 Å². The third-order valence-electron chi connectivity index (χ3n) is 4.94. The van der Waals surface area contributed by atoms with Gasteiger partial charge in [-0.3, -0.25) is 9.69 Å². The van der Waals surface area contributed by atoms with E-state index in [4.69, 9.17) is 9.47 Å². The van der Waals surface area contributed by atoms with E-state index in [0.29, 0.717) is 18.8 Å². The van der Waals surface area contributed by atoms with Crippen LogP contribution in [0.1, 0.15) is 23.6 Å². The molecule has 0 bridgehead atoms. The van der Waals surface area contributed by atoms with Crippen molar-refractivity contribution in [1.82, 2.24) is 4.90 Å². The first-order chi connectivity index (χ1) is 13.4. The maximum Gasteiger partial charge on any atom is 0.325 e. The predicted molar refractivity (Wildman–Crippen MR) is 111 cm³/mol. The molecule has 2 amide bonds. The van der Waals surface area contributed by atoms with Gasteiger partial charge in [0.25, 0.3) is 0 Å². The molecule has 2 aromatic carbocycles. The van der Waals surface area contributed by atoms with Crippen LogP contribution in [0.15, 0.2) is 46.9 Å². The number of anilines is 1. The number of hydrogen-bond acceptors (Lipinski definition) is 4. The Morgan fingerprint density at radius 1 is 1.18 bits per heavy atom. The highest BCUT2D eigenvalue weighted by Gasteiger charge is 2.36. The number of carbonyl (C=O) groups excluding carboxylic acids is 2. The molecule has 6 nitrogen and oxygen atoms in total. The number of rotatable bonds is 6. The van der Waals surface area contributed by atoms with E-state index in [-0.39, 0.29) is 18.4 Å². The fourth-order valence-electron chi connectivity index (χ4n) is 3.38. The number of carbonyl (C=O) groups is 2. The minimum absolute atomic E-state index is 0.0859. The first kappa shape index (κ1) is 20.2. The molecule has 1 aliphatic rings. The van der Waals surface area contributed by atoms with Gasteiger partial charge in [0, 0.05) is 23.2 Å². The third-order valence-corrected chi connectivity index (χ3v) is 5.83. The van der Waals surface area contributed by atoms with E-state index in [1.807, 2.05) is 49.4 Å². The van der Waals surface area contributed by atoms with Crippen molar-refractivity contribution in [3.8, 4) is 5.75 Å².